The lowest BCUT2D eigenvalue weighted by Gasteiger charge is -2.26. The van der Waals surface area contributed by atoms with E-state index in [1.54, 1.807) is 0 Å². The Morgan fingerprint density at radius 1 is 1.44 bits per heavy atom. The average Bonchev–Trinajstić information content (AvgIpc) is 2.42. The van der Waals surface area contributed by atoms with Crippen molar-refractivity contribution in [1.29, 1.82) is 0 Å². The largest absolute Gasteiger partial charge is 0.493 e. The van der Waals surface area contributed by atoms with Crippen molar-refractivity contribution in [3.8, 4) is 5.75 Å². The van der Waals surface area contributed by atoms with Crippen molar-refractivity contribution in [2.24, 2.45) is 0 Å². The van der Waals surface area contributed by atoms with Crippen molar-refractivity contribution < 1.29 is 9.53 Å². The van der Waals surface area contributed by atoms with Crippen LogP contribution in [0, 0.1) is 0 Å². The van der Waals surface area contributed by atoms with E-state index >= 15 is 0 Å². The minimum atomic E-state index is 0.105. The van der Waals surface area contributed by atoms with Crippen LogP contribution in [0.5, 0.6) is 5.75 Å². The number of carbonyl (C=O) groups is 1. The zero-order valence-electron chi connectivity index (χ0n) is 10.7. The molecule has 1 aliphatic heterocycles. The fourth-order valence-electron chi connectivity index (χ4n) is 2.19. The van der Waals surface area contributed by atoms with Crippen LogP contribution < -0.4 is 15.4 Å². The number of nitrogens with one attached hydrogen (secondary N) is 2. The van der Waals surface area contributed by atoms with Crippen molar-refractivity contribution in [3.63, 3.8) is 0 Å². The van der Waals surface area contributed by atoms with Crippen LogP contribution in [0.15, 0.2) is 24.3 Å². The Hall–Kier alpha value is -1.55. The normalized spacial score (nSPS) is 17.7. The number of rotatable bonds is 5. The summed E-state index contributed by atoms with van der Waals surface area (Å²) in [5.74, 6) is 1.43. The topological polar surface area (TPSA) is 50.4 Å². The van der Waals surface area contributed by atoms with Crippen molar-refractivity contribution in [2.75, 3.05) is 26.7 Å². The molecule has 1 unspecified atom stereocenters. The molecular weight excluding hydrogens is 228 g/mol. The van der Waals surface area contributed by atoms with E-state index in [0.29, 0.717) is 18.9 Å². The maximum atomic E-state index is 11.6. The Balaban J connectivity index is 1.89. The highest BCUT2D eigenvalue weighted by Crippen LogP contribution is 2.32. The summed E-state index contributed by atoms with van der Waals surface area (Å²) >= 11 is 0. The molecule has 0 aliphatic carbocycles. The fourth-order valence-corrected chi connectivity index (χ4v) is 2.19. The number of amides is 1. The molecule has 0 bridgehead atoms. The van der Waals surface area contributed by atoms with Crippen LogP contribution in [0.4, 0.5) is 0 Å². The molecule has 1 aromatic rings. The van der Waals surface area contributed by atoms with Crippen molar-refractivity contribution in [3.05, 3.63) is 29.8 Å². The Morgan fingerprint density at radius 3 is 3.11 bits per heavy atom. The zero-order valence-corrected chi connectivity index (χ0v) is 10.7. The summed E-state index contributed by atoms with van der Waals surface area (Å²) in [5.41, 5.74) is 1.21. The number of carbonyl (C=O) groups excluding carboxylic acids is 1. The highest BCUT2D eigenvalue weighted by Gasteiger charge is 2.21. The molecule has 0 spiro atoms. The molecule has 0 saturated heterocycles. The first-order valence-corrected chi connectivity index (χ1v) is 6.44. The Bertz CT molecular complexity index is 407. The third-order valence-electron chi connectivity index (χ3n) is 3.23. The lowest BCUT2D eigenvalue weighted by atomic mass is 9.93. The van der Waals surface area contributed by atoms with Gasteiger partial charge in [-0.3, -0.25) is 4.79 Å². The Labute approximate surface area is 108 Å². The van der Waals surface area contributed by atoms with Crippen LogP contribution in [0.25, 0.3) is 0 Å². The van der Waals surface area contributed by atoms with E-state index in [1.165, 1.54) is 5.56 Å². The van der Waals surface area contributed by atoms with Gasteiger partial charge in [0.25, 0.3) is 0 Å². The van der Waals surface area contributed by atoms with E-state index in [0.717, 1.165) is 25.3 Å². The third-order valence-corrected chi connectivity index (χ3v) is 3.23. The zero-order chi connectivity index (χ0) is 12.8. The summed E-state index contributed by atoms with van der Waals surface area (Å²) in [6.45, 7) is 2.15. The molecule has 18 heavy (non-hydrogen) atoms. The quantitative estimate of drug-likeness (QED) is 0.825. The van der Waals surface area contributed by atoms with E-state index in [9.17, 15) is 4.79 Å². The second kappa shape index (κ2) is 6.40. The summed E-state index contributed by atoms with van der Waals surface area (Å²) in [6.07, 6.45) is 1.49. The monoisotopic (exact) mass is 248 g/mol. The van der Waals surface area contributed by atoms with Crippen molar-refractivity contribution >= 4 is 5.91 Å². The van der Waals surface area contributed by atoms with Gasteiger partial charge >= 0.3 is 0 Å². The summed E-state index contributed by atoms with van der Waals surface area (Å²) < 4.78 is 5.60. The third kappa shape index (κ3) is 3.23. The molecule has 98 valence electrons. The molecule has 4 nitrogen and oxygen atoms in total. The van der Waals surface area contributed by atoms with E-state index in [4.69, 9.17) is 4.74 Å². The molecule has 2 N–H and O–H groups in total. The van der Waals surface area contributed by atoms with Gasteiger partial charge in [-0.2, -0.15) is 0 Å². The number of hydrogen-bond acceptors (Lipinski definition) is 3. The van der Waals surface area contributed by atoms with Gasteiger partial charge in [0.05, 0.1) is 6.61 Å². The van der Waals surface area contributed by atoms with Crippen LogP contribution in [-0.4, -0.2) is 32.7 Å². The van der Waals surface area contributed by atoms with Gasteiger partial charge in [0, 0.05) is 25.4 Å². The van der Waals surface area contributed by atoms with E-state index in [1.807, 2.05) is 25.2 Å². The smallest absolute Gasteiger partial charge is 0.221 e. The molecule has 0 radical (unpaired) electrons. The van der Waals surface area contributed by atoms with Gasteiger partial charge in [0.1, 0.15) is 5.75 Å². The van der Waals surface area contributed by atoms with Gasteiger partial charge in [-0.1, -0.05) is 18.2 Å². The lowest BCUT2D eigenvalue weighted by Crippen LogP contribution is -2.32. The predicted molar refractivity (Wildman–Crippen MR) is 70.8 cm³/mol. The van der Waals surface area contributed by atoms with Gasteiger partial charge in [-0.25, -0.2) is 0 Å². The maximum absolute atomic E-state index is 11.6. The predicted octanol–water partition coefficient (Wildman–Crippen LogP) is 1.28. The molecule has 1 aliphatic rings. The molecule has 0 saturated carbocycles. The first kappa shape index (κ1) is 12.9. The molecule has 1 amide bonds. The summed E-state index contributed by atoms with van der Waals surface area (Å²) in [5, 5.41) is 5.96. The standard InChI is InChI=1S/C14H20N2O2/c1-15-8-6-14(17)16-10-11-7-9-18-13-5-3-2-4-12(11)13/h2-5,11,15H,6-10H2,1H3,(H,16,17). The van der Waals surface area contributed by atoms with Crippen LogP contribution in [0.3, 0.4) is 0 Å². The summed E-state index contributed by atoms with van der Waals surface area (Å²) in [4.78, 5) is 11.6. The SMILES string of the molecule is CNCCC(=O)NCC1CCOc2ccccc21. The second-order valence-electron chi connectivity index (χ2n) is 4.53. The van der Waals surface area contributed by atoms with Gasteiger partial charge < -0.3 is 15.4 Å². The average molecular weight is 248 g/mol. The van der Waals surface area contributed by atoms with E-state index < -0.39 is 0 Å². The Kier molecular flexibility index (Phi) is 4.59. The van der Waals surface area contributed by atoms with Gasteiger partial charge in [-0.05, 0) is 25.1 Å². The highest BCUT2D eigenvalue weighted by molar-refractivity contribution is 5.76. The number of fused-ring (bicyclic) bond motifs is 1. The molecule has 4 heteroatoms. The van der Waals surface area contributed by atoms with Crippen LogP contribution in [0.1, 0.15) is 24.3 Å². The first-order valence-electron chi connectivity index (χ1n) is 6.44. The Morgan fingerprint density at radius 2 is 2.28 bits per heavy atom. The van der Waals surface area contributed by atoms with Gasteiger partial charge in [0.15, 0.2) is 0 Å². The number of benzene rings is 1. The van der Waals surface area contributed by atoms with Crippen LogP contribution in [0.2, 0.25) is 0 Å². The molecule has 2 rings (SSSR count). The van der Waals surface area contributed by atoms with Crippen molar-refractivity contribution in [2.45, 2.75) is 18.8 Å². The molecule has 0 fully saturated rings. The lowest BCUT2D eigenvalue weighted by molar-refractivity contribution is -0.121. The summed E-state index contributed by atoms with van der Waals surface area (Å²) in [7, 11) is 1.85. The van der Waals surface area contributed by atoms with Crippen LogP contribution >= 0.6 is 0 Å². The number of hydrogen-bond donors (Lipinski definition) is 2. The summed E-state index contributed by atoms with van der Waals surface area (Å²) in [6, 6.07) is 8.07. The number of para-hydroxylation sites is 1. The molecule has 1 aromatic carbocycles. The van der Waals surface area contributed by atoms with E-state index in [-0.39, 0.29) is 5.91 Å². The molecule has 1 heterocycles. The van der Waals surface area contributed by atoms with Gasteiger partial charge in [-0.15, -0.1) is 0 Å². The fraction of sp³-hybridized carbons (Fsp3) is 0.500. The first-order chi connectivity index (χ1) is 8.81. The highest BCUT2D eigenvalue weighted by atomic mass is 16.5. The van der Waals surface area contributed by atoms with Gasteiger partial charge in [0.2, 0.25) is 5.91 Å². The number of ether oxygens (including phenoxy) is 1. The van der Waals surface area contributed by atoms with E-state index in [2.05, 4.69) is 16.7 Å². The molecule has 1 atom stereocenters. The second-order valence-corrected chi connectivity index (χ2v) is 4.53. The van der Waals surface area contributed by atoms with Crippen LogP contribution in [-0.2, 0) is 4.79 Å². The minimum Gasteiger partial charge on any atom is -0.493 e. The maximum Gasteiger partial charge on any atom is 0.221 e. The van der Waals surface area contributed by atoms with Crippen molar-refractivity contribution in [1.82, 2.24) is 10.6 Å². The molecular formula is C14H20N2O2. The molecule has 0 aromatic heterocycles. The minimum absolute atomic E-state index is 0.105.